The van der Waals surface area contributed by atoms with E-state index in [-0.39, 0.29) is 11.9 Å². The lowest BCUT2D eigenvalue weighted by Crippen LogP contribution is -2.36. The molecular formula is C12H20N4O2. The number of nitrogens with zero attached hydrogens (tertiary/aromatic N) is 1. The summed E-state index contributed by atoms with van der Waals surface area (Å²) in [6.45, 7) is 4.93. The second-order valence-corrected chi connectivity index (χ2v) is 4.71. The summed E-state index contributed by atoms with van der Waals surface area (Å²) in [6.07, 6.45) is 2.24. The molecule has 6 nitrogen and oxygen atoms in total. The van der Waals surface area contributed by atoms with Gasteiger partial charge in [-0.05, 0) is 26.7 Å². The van der Waals surface area contributed by atoms with Crippen LogP contribution in [0.2, 0.25) is 0 Å². The summed E-state index contributed by atoms with van der Waals surface area (Å²) in [5, 5.41) is 9.69. The normalized spacial score (nSPS) is 16.6. The van der Waals surface area contributed by atoms with E-state index in [0.29, 0.717) is 30.5 Å². The number of ether oxygens (including phenoxy) is 1. The molecule has 1 aliphatic rings. The maximum Gasteiger partial charge on any atom is 0.274 e. The number of nitrogens with two attached hydrogens (primary N) is 1. The molecule has 1 heterocycles. The van der Waals surface area contributed by atoms with Gasteiger partial charge in [0.1, 0.15) is 0 Å². The Labute approximate surface area is 106 Å². The minimum absolute atomic E-state index is 0.0575. The van der Waals surface area contributed by atoms with Crippen molar-refractivity contribution in [3.8, 4) is 0 Å². The fourth-order valence-corrected chi connectivity index (χ4v) is 1.85. The van der Waals surface area contributed by atoms with Gasteiger partial charge >= 0.3 is 0 Å². The number of aromatic amines is 1. The zero-order chi connectivity index (χ0) is 13.1. The molecule has 6 heteroatoms. The van der Waals surface area contributed by atoms with E-state index in [0.717, 1.165) is 18.5 Å². The van der Waals surface area contributed by atoms with Gasteiger partial charge in [-0.3, -0.25) is 9.89 Å². The highest BCUT2D eigenvalue weighted by Gasteiger charge is 2.30. The Kier molecular flexibility index (Phi) is 3.86. The highest BCUT2D eigenvalue weighted by atomic mass is 16.5. The summed E-state index contributed by atoms with van der Waals surface area (Å²) in [6, 6.07) is -0.0575. The van der Waals surface area contributed by atoms with Crippen molar-refractivity contribution in [2.45, 2.75) is 38.6 Å². The number of amides is 1. The van der Waals surface area contributed by atoms with Crippen LogP contribution >= 0.6 is 0 Å². The number of nitrogens with one attached hydrogen (secondary N) is 2. The zero-order valence-electron chi connectivity index (χ0n) is 10.8. The summed E-state index contributed by atoms with van der Waals surface area (Å²) in [7, 11) is 0. The third-order valence-corrected chi connectivity index (χ3v) is 2.98. The van der Waals surface area contributed by atoms with Gasteiger partial charge in [-0.25, -0.2) is 0 Å². The number of rotatable bonds is 6. The van der Waals surface area contributed by atoms with Gasteiger partial charge in [0.25, 0.3) is 5.91 Å². The minimum atomic E-state index is -0.247. The van der Waals surface area contributed by atoms with Crippen LogP contribution in [0.25, 0.3) is 0 Å². The average Bonchev–Trinajstić information content (AvgIpc) is 3.10. The van der Waals surface area contributed by atoms with Gasteiger partial charge in [-0.1, -0.05) is 0 Å². The first-order valence-electron chi connectivity index (χ1n) is 6.35. The van der Waals surface area contributed by atoms with E-state index in [1.54, 1.807) is 0 Å². The van der Waals surface area contributed by atoms with Gasteiger partial charge < -0.3 is 15.8 Å². The molecule has 1 saturated carbocycles. The Morgan fingerprint density at radius 2 is 2.39 bits per heavy atom. The molecule has 1 aliphatic carbocycles. The minimum Gasteiger partial charge on any atom is -0.395 e. The first-order valence-corrected chi connectivity index (χ1v) is 6.35. The fourth-order valence-electron chi connectivity index (χ4n) is 1.85. The smallest absolute Gasteiger partial charge is 0.274 e. The molecule has 1 fully saturated rings. The molecule has 100 valence electrons. The summed E-state index contributed by atoms with van der Waals surface area (Å²) in [4.78, 5) is 12.0. The maximum absolute atomic E-state index is 12.0. The van der Waals surface area contributed by atoms with Crippen LogP contribution in [0, 0.1) is 0 Å². The van der Waals surface area contributed by atoms with Crippen molar-refractivity contribution in [1.29, 1.82) is 0 Å². The van der Waals surface area contributed by atoms with Crippen molar-refractivity contribution in [2.75, 3.05) is 18.9 Å². The van der Waals surface area contributed by atoms with E-state index in [2.05, 4.69) is 15.5 Å². The van der Waals surface area contributed by atoms with Crippen LogP contribution in [0.4, 0.5) is 5.69 Å². The number of nitrogen functional groups attached to an aromatic ring is 1. The van der Waals surface area contributed by atoms with Crippen LogP contribution in [0.15, 0.2) is 0 Å². The lowest BCUT2D eigenvalue weighted by molar-refractivity contribution is 0.0868. The molecule has 4 N–H and O–H groups in total. The molecule has 1 aromatic rings. The number of carbonyl (C=O) groups excluding carboxylic acids is 1. The Morgan fingerprint density at radius 1 is 1.67 bits per heavy atom. The van der Waals surface area contributed by atoms with Crippen molar-refractivity contribution in [3.63, 3.8) is 0 Å². The van der Waals surface area contributed by atoms with Crippen molar-refractivity contribution >= 4 is 11.6 Å². The van der Waals surface area contributed by atoms with Gasteiger partial charge in [0.15, 0.2) is 5.69 Å². The first-order chi connectivity index (χ1) is 8.63. The maximum atomic E-state index is 12.0. The van der Waals surface area contributed by atoms with E-state index >= 15 is 0 Å². The number of carbonyl (C=O) groups is 1. The standard InChI is InChI=1S/C12H20N4O2/c1-3-18-6-7(2)14-12(17)11-9(13)10(15-16-11)8-4-5-8/h7-8H,3-6,13H2,1-2H3,(H,14,17)(H,15,16). The van der Waals surface area contributed by atoms with Crippen LogP contribution in [-0.2, 0) is 4.74 Å². The van der Waals surface area contributed by atoms with Crippen molar-refractivity contribution in [2.24, 2.45) is 0 Å². The van der Waals surface area contributed by atoms with Gasteiger partial charge in [-0.15, -0.1) is 0 Å². The predicted molar refractivity (Wildman–Crippen MR) is 68.4 cm³/mol. The third-order valence-electron chi connectivity index (χ3n) is 2.98. The van der Waals surface area contributed by atoms with Crippen LogP contribution in [0.1, 0.15) is 48.8 Å². The quantitative estimate of drug-likeness (QED) is 0.704. The van der Waals surface area contributed by atoms with E-state index < -0.39 is 0 Å². The van der Waals surface area contributed by atoms with Crippen LogP contribution in [0.5, 0.6) is 0 Å². The summed E-state index contributed by atoms with van der Waals surface area (Å²) in [5.41, 5.74) is 7.61. The SMILES string of the molecule is CCOCC(C)NC(=O)c1n[nH]c(C2CC2)c1N. The first kappa shape index (κ1) is 12.9. The van der Waals surface area contributed by atoms with E-state index in [9.17, 15) is 4.79 Å². The Hall–Kier alpha value is -1.56. The van der Waals surface area contributed by atoms with Crippen LogP contribution < -0.4 is 11.1 Å². The van der Waals surface area contributed by atoms with Crippen molar-refractivity contribution in [1.82, 2.24) is 15.5 Å². The zero-order valence-corrected chi connectivity index (χ0v) is 10.8. The number of hydrogen-bond donors (Lipinski definition) is 3. The average molecular weight is 252 g/mol. The number of H-pyrrole nitrogens is 1. The Bertz CT molecular complexity index is 426. The molecule has 1 amide bonds. The van der Waals surface area contributed by atoms with E-state index in [4.69, 9.17) is 10.5 Å². The predicted octanol–water partition coefficient (Wildman–Crippen LogP) is 1.02. The van der Waals surface area contributed by atoms with Crippen molar-refractivity contribution < 1.29 is 9.53 Å². The molecule has 0 radical (unpaired) electrons. The van der Waals surface area contributed by atoms with Gasteiger partial charge in [0.2, 0.25) is 0 Å². The second-order valence-electron chi connectivity index (χ2n) is 4.71. The lowest BCUT2D eigenvalue weighted by Gasteiger charge is -2.12. The van der Waals surface area contributed by atoms with E-state index in [1.165, 1.54) is 0 Å². The van der Waals surface area contributed by atoms with Crippen LogP contribution in [0.3, 0.4) is 0 Å². The monoisotopic (exact) mass is 252 g/mol. The van der Waals surface area contributed by atoms with E-state index in [1.807, 2.05) is 13.8 Å². The number of anilines is 1. The Morgan fingerprint density at radius 3 is 3.00 bits per heavy atom. The van der Waals surface area contributed by atoms with Crippen LogP contribution in [-0.4, -0.2) is 35.4 Å². The molecule has 0 aromatic carbocycles. The topological polar surface area (TPSA) is 93.0 Å². The molecular weight excluding hydrogens is 232 g/mol. The lowest BCUT2D eigenvalue weighted by atomic mass is 10.2. The van der Waals surface area contributed by atoms with Crippen molar-refractivity contribution in [3.05, 3.63) is 11.4 Å². The molecule has 18 heavy (non-hydrogen) atoms. The third kappa shape index (κ3) is 2.81. The molecule has 1 aromatic heterocycles. The largest absolute Gasteiger partial charge is 0.395 e. The number of aromatic nitrogens is 2. The summed E-state index contributed by atoms with van der Waals surface area (Å²) >= 11 is 0. The summed E-state index contributed by atoms with van der Waals surface area (Å²) < 4.78 is 5.24. The molecule has 2 rings (SSSR count). The fraction of sp³-hybridized carbons (Fsp3) is 0.667. The molecule has 0 aliphatic heterocycles. The molecule has 1 unspecified atom stereocenters. The molecule has 0 saturated heterocycles. The second kappa shape index (κ2) is 5.39. The van der Waals surface area contributed by atoms with Gasteiger partial charge in [0.05, 0.1) is 18.0 Å². The molecule has 0 bridgehead atoms. The van der Waals surface area contributed by atoms with Gasteiger partial charge in [-0.2, -0.15) is 5.10 Å². The molecule has 1 atom stereocenters. The summed E-state index contributed by atoms with van der Waals surface area (Å²) in [5.74, 6) is 0.211. The molecule has 0 spiro atoms. The number of hydrogen-bond acceptors (Lipinski definition) is 4. The Balaban J connectivity index is 1.96. The highest BCUT2D eigenvalue weighted by Crippen LogP contribution is 2.42. The highest BCUT2D eigenvalue weighted by molar-refractivity contribution is 5.97. The van der Waals surface area contributed by atoms with Gasteiger partial charge in [0, 0.05) is 18.6 Å².